The van der Waals surface area contributed by atoms with Crippen molar-refractivity contribution in [1.82, 2.24) is 0 Å². The van der Waals surface area contributed by atoms with E-state index in [4.69, 9.17) is 4.42 Å². The summed E-state index contributed by atoms with van der Waals surface area (Å²) >= 11 is 0. The first-order chi connectivity index (χ1) is 9.65. The van der Waals surface area contributed by atoms with Crippen molar-refractivity contribution in [3.05, 3.63) is 70.6 Å². The number of benzene rings is 2. The van der Waals surface area contributed by atoms with Gasteiger partial charge in [-0.05, 0) is 24.6 Å². The van der Waals surface area contributed by atoms with Gasteiger partial charge in [0, 0.05) is 10.9 Å². The molecule has 0 radical (unpaired) electrons. The number of hydrogen-bond donors (Lipinski definition) is 0. The normalized spacial score (nSPS) is 10.7. The van der Waals surface area contributed by atoms with E-state index in [1.165, 1.54) is 6.92 Å². The van der Waals surface area contributed by atoms with Crippen LogP contribution in [0.3, 0.4) is 0 Å². The lowest BCUT2D eigenvalue weighted by Gasteiger charge is -2.03. The number of Topliss-reactive ketones (excluding diaryl/α,β-unsaturated/α-hetero) is 1. The molecule has 3 nitrogen and oxygen atoms in total. The van der Waals surface area contributed by atoms with Crippen LogP contribution >= 0.6 is 0 Å². The molecule has 0 saturated carbocycles. The Bertz CT molecular complexity index is 842. The highest BCUT2D eigenvalue weighted by atomic mass is 16.4. The van der Waals surface area contributed by atoms with Gasteiger partial charge in [-0.15, -0.1) is 0 Å². The molecule has 0 fully saturated rings. The molecule has 0 bridgehead atoms. The fraction of sp³-hybridized carbons (Fsp3) is 0.0588. The molecule has 98 valence electrons. The third kappa shape index (κ3) is 2.14. The van der Waals surface area contributed by atoms with Crippen molar-refractivity contribution in [3.63, 3.8) is 0 Å². The second-order valence-corrected chi connectivity index (χ2v) is 4.62. The fourth-order valence-corrected chi connectivity index (χ4v) is 2.15. The first-order valence-corrected chi connectivity index (χ1v) is 6.29. The fourth-order valence-electron chi connectivity index (χ4n) is 2.15. The number of hydrogen-bond acceptors (Lipinski definition) is 3. The van der Waals surface area contributed by atoms with Crippen LogP contribution in [-0.4, -0.2) is 5.78 Å². The molecule has 0 unspecified atom stereocenters. The van der Waals surface area contributed by atoms with E-state index in [2.05, 4.69) is 0 Å². The average Bonchev–Trinajstić information content (AvgIpc) is 2.46. The molecule has 3 aromatic rings. The zero-order valence-electron chi connectivity index (χ0n) is 10.9. The van der Waals surface area contributed by atoms with Gasteiger partial charge in [-0.3, -0.25) is 4.79 Å². The van der Waals surface area contributed by atoms with Gasteiger partial charge in [-0.1, -0.05) is 42.5 Å². The van der Waals surface area contributed by atoms with Crippen LogP contribution in [0.15, 0.2) is 63.8 Å². The van der Waals surface area contributed by atoms with Crippen LogP contribution < -0.4 is 5.63 Å². The Morgan fingerprint density at radius 3 is 2.40 bits per heavy atom. The van der Waals surface area contributed by atoms with Crippen LogP contribution in [0.25, 0.3) is 22.1 Å². The molecular formula is C17H12O3. The van der Waals surface area contributed by atoms with Gasteiger partial charge < -0.3 is 4.42 Å². The standard InChI is InChI=1S/C17H12O3/c1-11(18)12-6-8-13(9-7-12)15-10-14-4-2-3-5-16(14)20-17(15)19/h2-10H,1H3. The lowest BCUT2D eigenvalue weighted by Crippen LogP contribution is -2.02. The highest BCUT2D eigenvalue weighted by Gasteiger charge is 2.08. The van der Waals surface area contributed by atoms with Crippen molar-refractivity contribution in [2.45, 2.75) is 6.92 Å². The van der Waals surface area contributed by atoms with E-state index in [0.29, 0.717) is 16.7 Å². The smallest absolute Gasteiger partial charge is 0.344 e. The number of carbonyl (C=O) groups excluding carboxylic acids is 1. The molecule has 3 rings (SSSR count). The van der Waals surface area contributed by atoms with Crippen LogP contribution in [0.1, 0.15) is 17.3 Å². The summed E-state index contributed by atoms with van der Waals surface area (Å²) in [7, 11) is 0. The Kier molecular flexibility index (Phi) is 2.95. The van der Waals surface area contributed by atoms with Crippen molar-refractivity contribution < 1.29 is 9.21 Å². The maximum Gasteiger partial charge on any atom is 0.344 e. The summed E-state index contributed by atoms with van der Waals surface area (Å²) in [5.41, 5.74) is 2.06. The van der Waals surface area contributed by atoms with Gasteiger partial charge in [-0.25, -0.2) is 4.79 Å². The summed E-state index contributed by atoms with van der Waals surface area (Å²) in [5.74, 6) is 0.00194. The van der Waals surface area contributed by atoms with Gasteiger partial charge in [0.25, 0.3) is 0 Å². The zero-order valence-corrected chi connectivity index (χ0v) is 10.9. The van der Waals surface area contributed by atoms with Gasteiger partial charge in [0.2, 0.25) is 0 Å². The van der Waals surface area contributed by atoms with E-state index < -0.39 is 0 Å². The van der Waals surface area contributed by atoms with Gasteiger partial charge >= 0.3 is 5.63 Å². The molecule has 0 amide bonds. The lowest BCUT2D eigenvalue weighted by atomic mass is 10.0. The summed E-state index contributed by atoms with van der Waals surface area (Å²) in [6, 6.07) is 16.1. The molecule has 1 heterocycles. The third-order valence-electron chi connectivity index (χ3n) is 3.24. The van der Waals surface area contributed by atoms with E-state index in [-0.39, 0.29) is 11.4 Å². The Morgan fingerprint density at radius 2 is 1.70 bits per heavy atom. The molecule has 3 heteroatoms. The molecule has 0 aliphatic rings. The second kappa shape index (κ2) is 4.78. The molecule has 20 heavy (non-hydrogen) atoms. The third-order valence-corrected chi connectivity index (χ3v) is 3.24. The molecule has 0 saturated heterocycles. The molecule has 0 aliphatic carbocycles. The minimum Gasteiger partial charge on any atom is -0.422 e. The SMILES string of the molecule is CC(=O)c1ccc(-c2cc3ccccc3oc2=O)cc1. The summed E-state index contributed by atoms with van der Waals surface area (Å²) in [4.78, 5) is 23.3. The quantitative estimate of drug-likeness (QED) is 0.524. The predicted octanol–water partition coefficient (Wildman–Crippen LogP) is 3.66. The zero-order chi connectivity index (χ0) is 14.1. The molecular weight excluding hydrogens is 252 g/mol. The predicted molar refractivity (Wildman–Crippen MR) is 77.9 cm³/mol. The molecule has 1 aromatic heterocycles. The van der Waals surface area contributed by atoms with Crippen LogP contribution in [0.5, 0.6) is 0 Å². The van der Waals surface area contributed by atoms with Crippen molar-refractivity contribution in [2.24, 2.45) is 0 Å². The first kappa shape index (κ1) is 12.4. The van der Waals surface area contributed by atoms with Gasteiger partial charge in [-0.2, -0.15) is 0 Å². The number of rotatable bonds is 2. The molecule has 2 aromatic carbocycles. The Balaban J connectivity index is 2.16. The van der Waals surface area contributed by atoms with Gasteiger partial charge in [0.1, 0.15) is 5.58 Å². The van der Waals surface area contributed by atoms with Crippen molar-refractivity contribution in [1.29, 1.82) is 0 Å². The summed E-state index contributed by atoms with van der Waals surface area (Å²) in [6.07, 6.45) is 0. The molecule has 0 aliphatic heterocycles. The summed E-state index contributed by atoms with van der Waals surface area (Å²) in [6.45, 7) is 1.51. The summed E-state index contributed by atoms with van der Waals surface area (Å²) < 4.78 is 5.30. The molecule has 0 atom stereocenters. The Morgan fingerprint density at radius 1 is 1.00 bits per heavy atom. The van der Waals surface area contributed by atoms with E-state index >= 15 is 0 Å². The lowest BCUT2D eigenvalue weighted by molar-refractivity contribution is 0.101. The van der Waals surface area contributed by atoms with Crippen molar-refractivity contribution in [2.75, 3.05) is 0 Å². The van der Waals surface area contributed by atoms with Crippen LogP contribution in [0, 0.1) is 0 Å². The first-order valence-electron chi connectivity index (χ1n) is 6.29. The highest BCUT2D eigenvalue weighted by Crippen LogP contribution is 2.21. The molecule has 0 N–H and O–H groups in total. The number of carbonyl (C=O) groups is 1. The van der Waals surface area contributed by atoms with Gasteiger partial charge in [0.15, 0.2) is 5.78 Å². The van der Waals surface area contributed by atoms with E-state index in [0.717, 1.165) is 10.9 Å². The monoisotopic (exact) mass is 264 g/mol. The number of para-hydroxylation sites is 1. The maximum absolute atomic E-state index is 12.0. The minimum absolute atomic E-state index is 0.00194. The van der Waals surface area contributed by atoms with Crippen molar-refractivity contribution >= 4 is 16.8 Å². The minimum atomic E-state index is -0.376. The molecule has 0 spiro atoms. The van der Waals surface area contributed by atoms with Gasteiger partial charge in [0.05, 0.1) is 5.56 Å². The van der Waals surface area contributed by atoms with Crippen molar-refractivity contribution in [3.8, 4) is 11.1 Å². The highest BCUT2D eigenvalue weighted by molar-refractivity contribution is 5.94. The van der Waals surface area contributed by atoms with Crippen LogP contribution in [0.4, 0.5) is 0 Å². The average molecular weight is 264 g/mol. The number of ketones is 1. The van der Waals surface area contributed by atoms with E-state index in [9.17, 15) is 9.59 Å². The van der Waals surface area contributed by atoms with Crippen LogP contribution in [0.2, 0.25) is 0 Å². The van der Waals surface area contributed by atoms with Crippen LogP contribution in [-0.2, 0) is 0 Å². The Hall–Kier alpha value is -2.68. The second-order valence-electron chi connectivity index (χ2n) is 4.62. The topological polar surface area (TPSA) is 47.3 Å². The maximum atomic E-state index is 12.0. The van der Waals surface area contributed by atoms with E-state index in [1.807, 2.05) is 24.3 Å². The largest absolute Gasteiger partial charge is 0.422 e. The Labute approximate surface area is 115 Å². The van der Waals surface area contributed by atoms with E-state index in [1.54, 1.807) is 30.3 Å². The number of fused-ring (bicyclic) bond motifs is 1. The summed E-state index contributed by atoms with van der Waals surface area (Å²) in [5, 5.41) is 0.873.